The number of hydrogen-bond donors (Lipinski definition) is 1. The second kappa shape index (κ2) is 8.71. The fraction of sp³-hybridized carbons (Fsp3) is 0.364. The van der Waals surface area contributed by atoms with Crippen LogP contribution in [0.5, 0.6) is 5.75 Å². The number of carbonyl (C=O) groups excluding carboxylic acids is 2. The minimum absolute atomic E-state index is 0.0610. The molecule has 0 aliphatic heterocycles. The second-order valence-corrected chi connectivity index (χ2v) is 7.32. The van der Waals surface area contributed by atoms with Crippen molar-refractivity contribution in [3.63, 3.8) is 0 Å². The molecule has 0 fully saturated rings. The van der Waals surface area contributed by atoms with Crippen LogP contribution in [0.25, 0.3) is 0 Å². The van der Waals surface area contributed by atoms with E-state index in [1.54, 1.807) is 38.1 Å². The standard InChI is InChI=1S/C22H27NO4/c1-6-26-21(25)16-8-7-9-18(14-16)23-20(24)15(2)27-19-12-10-17(11-13-19)22(3,4)5/h7-15H,6H2,1-5H3,(H,23,24)/t15-/m1/s1. The summed E-state index contributed by atoms with van der Waals surface area (Å²) in [7, 11) is 0. The van der Waals surface area contributed by atoms with E-state index in [0.717, 1.165) is 0 Å². The molecule has 0 aliphatic carbocycles. The smallest absolute Gasteiger partial charge is 0.338 e. The number of nitrogens with one attached hydrogen (secondary N) is 1. The van der Waals surface area contributed by atoms with Crippen molar-refractivity contribution in [1.29, 1.82) is 0 Å². The van der Waals surface area contributed by atoms with Gasteiger partial charge in [0.15, 0.2) is 6.10 Å². The molecule has 5 nitrogen and oxygen atoms in total. The molecular formula is C22H27NO4. The van der Waals surface area contributed by atoms with Gasteiger partial charge < -0.3 is 14.8 Å². The van der Waals surface area contributed by atoms with E-state index in [1.807, 2.05) is 24.3 Å². The lowest BCUT2D eigenvalue weighted by molar-refractivity contribution is -0.122. The van der Waals surface area contributed by atoms with Crippen LogP contribution < -0.4 is 10.1 Å². The summed E-state index contributed by atoms with van der Waals surface area (Å²) in [5.41, 5.74) is 2.17. The predicted molar refractivity (Wildman–Crippen MR) is 106 cm³/mol. The van der Waals surface area contributed by atoms with Crippen LogP contribution >= 0.6 is 0 Å². The highest BCUT2D eigenvalue weighted by atomic mass is 16.5. The molecule has 2 rings (SSSR count). The van der Waals surface area contributed by atoms with Gasteiger partial charge in [-0.3, -0.25) is 4.79 Å². The van der Waals surface area contributed by atoms with E-state index in [-0.39, 0.29) is 11.3 Å². The zero-order chi connectivity index (χ0) is 20.0. The number of carbonyl (C=O) groups is 2. The Morgan fingerprint density at radius 2 is 1.74 bits per heavy atom. The molecule has 0 aromatic heterocycles. The summed E-state index contributed by atoms with van der Waals surface area (Å²) in [6.07, 6.45) is -0.684. The molecule has 1 atom stereocenters. The largest absolute Gasteiger partial charge is 0.481 e. The number of esters is 1. The summed E-state index contributed by atoms with van der Waals surface area (Å²) in [4.78, 5) is 24.2. The van der Waals surface area contributed by atoms with Gasteiger partial charge in [0, 0.05) is 5.69 Å². The van der Waals surface area contributed by atoms with Crippen molar-refractivity contribution in [3.8, 4) is 5.75 Å². The van der Waals surface area contributed by atoms with Gasteiger partial charge >= 0.3 is 5.97 Å². The zero-order valence-electron chi connectivity index (χ0n) is 16.5. The van der Waals surface area contributed by atoms with Crippen molar-refractivity contribution in [2.24, 2.45) is 0 Å². The summed E-state index contributed by atoms with van der Waals surface area (Å²) in [5, 5.41) is 2.76. The van der Waals surface area contributed by atoms with E-state index >= 15 is 0 Å². The minimum Gasteiger partial charge on any atom is -0.481 e. The normalized spacial score (nSPS) is 12.2. The maximum atomic E-state index is 12.4. The number of ether oxygens (including phenoxy) is 2. The first-order valence-corrected chi connectivity index (χ1v) is 9.06. The third-order valence-electron chi connectivity index (χ3n) is 4.04. The number of hydrogen-bond acceptors (Lipinski definition) is 4. The van der Waals surface area contributed by atoms with Crippen LogP contribution in [-0.2, 0) is 14.9 Å². The predicted octanol–water partition coefficient (Wildman–Crippen LogP) is 4.57. The Kier molecular flexibility index (Phi) is 6.61. The van der Waals surface area contributed by atoms with Crippen molar-refractivity contribution < 1.29 is 19.1 Å². The molecule has 0 saturated carbocycles. The molecular weight excluding hydrogens is 342 g/mol. The van der Waals surface area contributed by atoms with Gasteiger partial charge in [0.2, 0.25) is 0 Å². The SMILES string of the molecule is CCOC(=O)c1cccc(NC(=O)[C@@H](C)Oc2ccc(C(C)(C)C)cc2)c1. The Bertz CT molecular complexity index is 791. The van der Waals surface area contributed by atoms with Gasteiger partial charge in [-0.2, -0.15) is 0 Å². The minimum atomic E-state index is -0.684. The van der Waals surface area contributed by atoms with E-state index in [9.17, 15) is 9.59 Å². The van der Waals surface area contributed by atoms with Gasteiger partial charge in [0.05, 0.1) is 12.2 Å². The van der Waals surface area contributed by atoms with Gasteiger partial charge in [-0.1, -0.05) is 39.0 Å². The molecule has 0 saturated heterocycles. The summed E-state index contributed by atoms with van der Waals surface area (Å²) in [6, 6.07) is 14.4. The first-order valence-electron chi connectivity index (χ1n) is 9.06. The van der Waals surface area contributed by atoms with Crippen LogP contribution in [0, 0.1) is 0 Å². The van der Waals surface area contributed by atoms with E-state index in [4.69, 9.17) is 9.47 Å². The van der Waals surface area contributed by atoms with Gasteiger partial charge in [0.25, 0.3) is 5.91 Å². The molecule has 0 unspecified atom stereocenters. The van der Waals surface area contributed by atoms with Crippen molar-refractivity contribution in [2.75, 3.05) is 11.9 Å². The Balaban J connectivity index is 1.99. The Morgan fingerprint density at radius 1 is 1.07 bits per heavy atom. The molecule has 27 heavy (non-hydrogen) atoms. The molecule has 0 aliphatic rings. The maximum Gasteiger partial charge on any atom is 0.338 e. The summed E-state index contributed by atoms with van der Waals surface area (Å²) < 4.78 is 10.7. The van der Waals surface area contributed by atoms with Gasteiger partial charge in [-0.05, 0) is 55.2 Å². The third kappa shape index (κ3) is 5.84. The number of rotatable bonds is 6. The van der Waals surface area contributed by atoms with Gasteiger partial charge in [0.1, 0.15) is 5.75 Å². The maximum absolute atomic E-state index is 12.4. The fourth-order valence-electron chi connectivity index (χ4n) is 2.47. The van der Waals surface area contributed by atoms with Crippen LogP contribution in [-0.4, -0.2) is 24.6 Å². The summed E-state index contributed by atoms with van der Waals surface area (Å²) >= 11 is 0. The van der Waals surface area contributed by atoms with Crippen molar-refractivity contribution >= 4 is 17.6 Å². The fourth-order valence-corrected chi connectivity index (χ4v) is 2.47. The third-order valence-corrected chi connectivity index (χ3v) is 4.04. The molecule has 0 spiro atoms. The number of benzene rings is 2. The van der Waals surface area contributed by atoms with E-state index < -0.39 is 12.1 Å². The summed E-state index contributed by atoms with van der Waals surface area (Å²) in [5.74, 6) is -0.0846. The highest BCUT2D eigenvalue weighted by Gasteiger charge is 2.17. The first kappa shape index (κ1) is 20.5. The van der Waals surface area contributed by atoms with Gasteiger partial charge in [-0.15, -0.1) is 0 Å². The quantitative estimate of drug-likeness (QED) is 0.758. The molecule has 5 heteroatoms. The van der Waals surface area contributed by atoms with Crippen LogP contribution in [0.2, 0.25) is 0 Å². The average Bonchev–Trinajstić information content (AvgIpc) is 2.61. The Morgan fingerprint density at radius 3 is 2.33 bits per heavy atom. The van der Waals surface area contributed by atoms with Crippen LogP contribution in [0.4, 0.5) is 5.69 Å². The molecule has 0 heterocycles. The first-order chi connectivity index (χ1) is 12.7. The van der Waals surface area contributed by atoms with Crippen LogP contribution in [0.3, 0.4) is 0 Å². The van der Waals surface area contributed by atoms with Crippen molar-refractivity contribution in [1.82, 2.24) is 0 Å². The highest BCUT2D eigenvalue weighted by Crippen LogP contribution is 2.24. The lowest BCUT2D eigenvalue weighted by Crippen LogP contribution is -2.30. The van der Waals surface area contributed by atoms with E-state index in [2.05, 4.69) is 26.1 Å². The van der Waals surface area contributed by atoms with E-state index in [1.165, 1.54) is 5.56 Å². The molecule has 2 aromatic carbocycles. The van der Waals surface area contributed by atoms with Crippen molar-refractivity contribution in [2.45, 2.75) is 46.1 Å². The molecule has 0 bridgehead atoms. The zero-order valence-corrected chi connectivity index (χ0v) is 16.5. The molecule has 2 aromatic rings. The molecule has 1 N–H and O–H groups in total. The van der Waals surface area contributed by atoms with Crippen molar-refractivity contribution in [3.05, 3.63) is 59.7 Å². The van der Waals surface area contributed by atoms with Crippen LogP contribution in [0.1, 0.15) is 50.5 Å². The lowest BCUT2D eigenvalue weighted by atomic mass is 9.87. The second-order valence-electron chi connectivity index (χ2n) is 7.32. The molecule has 0 radical (unpaired) electrons. The molecule has 144 valence electrons. The number of anilines is 1. The topological polar surface area (TPSA) is 64.6 Å². The summed E-state index contributed by atoms with van der Waals surface area (Å²) in [6.45, 7) is 10.2. The Labute approximate surface area is 160 Å². The Hall–Kier alpha value is -2.82. The lowest BCUT2D eigenvalue weighted by Gasteiger charge is -2.20. The number of amides is 1. The monoisotopic (exact) mass is 369 g/mol. The van der Waals surface area contributed by atoms with Crippen LogP contribution in [0.15, 0.2) is 48.5 Å². The average molecular weight is 369 g/mol. The highest BCUT2D eigenvalue weighted by molar-refractivity contribution is 5.96. The molecule has 1 amide bonds. The van der Waals surface area contributed by atoms with E-state index in [0.29, 0.717) is 23.6 Å². The van der Waals surface area contributed by atoms with Gasteiger partial charge in [-0.25, -0.2) is 4.79 Å².